The molecule has 0 bridgehead atoms. The predicted octanol–water partition coefficient (Wildman–Crippen LogP) is 2.44. The highest BCUT2D eigenvalue weighted by Gasteiger charge is 2.27. The van der Waals surface area contributed by atoms with E-state index in [0.29, 0.717) is 23.4 Å². The maximum absolute atomic E-state index is 13.1. The van der Waals surface area contributed by atoms with Crippen molar-refractivity contribution in [1.82, 2.24) is 10.6 Å². The van der Waals surface area contributed by atoms with Gasteiger partial charge in [0.25, 0.3) is 0 Å². The van der Waals surface area contributed by atoms with Crippen LogP contribution in [0.1, 0.15) is 12.0 Å². The van der Waals surface area contributed by atoms with Crippen LogP contribution in [0.15, 0.2) is 66.7 Å². The van der Waals surface area contributed by atoms with Crippen LogP contribution in [0.2, 0.25) is 0 Å². The van der Waals surface area contributed by atoms with Crippen LogP contribution in [-0.4, -0.2) is 58.6 Å². The molecule has 2 atom stereocenters. The highest BCUT2D eigenvalue weighted by atomic mass is 32.2. The number of carbonyl (C=O) groups excluding carboxylic acids is 3. The lowest BCUT2D eigenvalue weighted by molar-refractivity contribution is -0.132. The van der Waals surface area contributed by atoms with Gasteiger partial charge in [0.15, 0.2) is 0 Å². The lowest BCUT2D eigenvalue weighted by Crippen LogP contribution is -2.54. The number of phenols is 1. The van der Waals surface area contributed by atoms with Gasteiger partial charge in [0.05, 0.1) is 0 Å². The van der Waals surface area contributed by atoms with E-state index in [2.05, 4.69) is 16.0 Å². The Balaban J connectivity index is 1.74. The molecule has 0 radical (unpaired) electrons. The summed E-state index contributed by atoms with van der Waals surface area (Å²) >= 11 is 1.55. The van der Waals surface area contributed by atoms with Crippen molar-refractivity contribution in [3.05, 3.63) is 72.3 Å². The first-order valence-electron chi connectivity index (χ1n) is 11.2. The first kappa shape index (κ1) is 26.1. The first-order valence-corrected chi connectivity index (χ1v) is 12.6. The number of benzene rings is 3. The molecule has 8 nitrogen and oxygen atoms in total. The number of amides is 3. The summed E-state index contributed by atoms with van der Waals surface area (Å²) in [6.07, 6.45) is 2.43. The summed E-state index contributed by atoms with van der Waals surface area (Å²) in [7, 11) is 0. The van der Waals surface area contributed by atoms with Crippen LogP contribution in [0.3, 0.4) is 0 Å². The lowest BCUT2D eigenvalue weighted by atomic mass is 10.0. The van der Waals surface area contributed by atoms with Gasteiger partial charge in [0.1, 0.15) is 24.4 Å². The largest absolute Gasteiger partial charge is 0.508 e. The zero-order valence-corrected chi connectivity index (χ0v) is 20.2. The Bertz CT molecular complexity index is 1170. The van der Waals surface area contributed by atoms with Crippen molar-refractivity contribution in [2.75, 3.05) is 23.9 Å². The number of rotatable bonds is 11. The second-order valence-electron chi connectivity index (χ2n) is 8.04. The molecule has 0 fully saturated rings. The van der Waals surface area contributed by atoms with Crippen LogP contribution in [0.5, 0.6) is 5.75 Å². The van der Waals surface area contributed by atoms with Crippen LogP contribution in [0.4, 0.5) is 5.69 Å². The maximum atomic E-state index is 13.1. The molecule has 0 heterocycles. The fourth-order valence-electron chi connectivity index (χ4n) is 3.59. The highest BCUT2D eigenvalue weighted by molar-refractivity contribution is 7.98. The second kappa shape index (κ2) is 12.8. The average molecular weight is 496 g/mol. The second-order valence-corrected chi connectivity index (χ2v) is 9.03. The molecule has 3 rings (SSSR count). The Morgan fingerprint density at radius 1 is 0.886 bits per heavy atom. The van der Waals surface area contributed by atoms with Crippen LogP contribution >= 0.6 is 11.8 Å². The number of hydrogen-bond donors (Lipinski definition) is 5. The van der Waals surface area contributed by atoms with Gasteiger partial charge in [0.2, 0.25) is 17.7 Å². The summed E-state index contributed by atoms with van der Waals surface area (Å²) in [5.41, 5.74) is 1.31. The average Bonchev–Trinajstić information content (AvgIpc) is 2.87. The summed E-state index contributed by atoms with van der Waals surface area (Å²) in [5.74, 6) is -0.886. The van der Waals surface area contributed by atoms with Crippen molar-refractivity contribution >= 4 is 45.9 Å². The van der Waals surface area contributed by atoms with Crippen LogP contribution < -0.4 is 16.0 Å². The fraction of sp³-hybridized carbons (Fsp3) is 0.269. The topological polar surface area (TPSA) is 128 Å². The zero-order chi connectivity index (χ0) is 25.2. The number of aliphatic hydroxyl groups is 1. The number of phenolic OH excluding ortho intramolecular Hbond substituents is 1. The quantitative estimate of drug-likeness (QED) is 0.278. The molecule has 0 unspecified atom stereocenters. The SMILES string of the molecule is CSCC[C@H](NC(=O)[C@H](Cc1ccc(O)cc1)NC(=O)CO)C(=O)Nc1ccc2ccccc2c1. The van der Waals surface area contributed by atoms with E-state index in [4.69, 9.17) is 5.11 Å². The van der Waals surface area contributed by atoms with Crippen LogP contribution in [-0.2, 0) is 20.8 Å². The van der Waals surface area contributed by atoms with E-state index in [1.807, 2.05) is 48.7 Å². The van der Waals surface area contributed by atoms with Crippen molar-refractivity contribution in [2.45, 2.75) is 24.9 Å². The number of fused-ring (bicyclic) bond motifs is 1. The maximum Gasteiger partial charge on any atom is 0.246 e. The van der Waals surface area contributed by atoms with Gasteiger partial charge in [-0.15, -0.1) is 0 Å². The standard InChI is InChI=1S/C26H29N3O5S/c1-35-13-12-22(25(33)27-20-9-8-18-4-2-3-5-19(18)15-20)29-26(34)23(28-24(32)16-30)14-17-6-10-21(31)11-7-17/h2-11,15,22-23,30-31H,12-14,16H2,1H3,(H,27,33)(H,28,32)(H,29,34)/t22-,23-/m0/s1. The molecule has 184 valence electrons. The molecule has 3 amide bonds. The summed E-state index contributed by atoms with van der Waals surface area (Å²) < 4.78 is 0. The molecule has 0 aliphatic carbocycles. The Kier molecular flexibility index (Phi) is 9.51. The van der Waals surface area contributed by atoms with E-state index in [0.717, 1.165) is 10.8 Å². The Morgan fingerprint density at radius 2 is 1.60 bits per heavy atom. The predicted molar refractivity (Wildman–Crippen MR) is 138 cm³/mol. The van der Waals surface area contributed by atoms with Gasteiger partial charge in [0, 0.05) is 12.1 Å². The van der Waals surface area contributed by atoms with E-state index in [-0.39, 0.29) is 18.1 Å². The van der Waals surface area contributed by atoms with E-state index in [1.165, 1.54) is 12.1 Å². The number of carbonyl (C=O) groups is 3. The molecule has 0 aromatic heterocycles. The molecule has 3 aromatic rings. The first-order chi connectivity index (χ1) is 16.9. The van der Waals surface area contributed by atoms with E-state index in [9.17, 15) is 19.5 Å². The van der Waals surface area contributed by atoms with Crippen molar-refractivity contribution in [3.8, 4) is 5.75 Å². The van der Waals surface area contributed by atoms with Crippen molar-refractivity contribution in [3.63, 3.8) is 0 Å². The normalized spacial score (nSPS) is 12.5. The molecule has 5 N–H and O–H groups in total. The minimum atomic E-state index is -1.01. The number of nitrogens with one attached hydrogen (secondary N) is 3. The van der Waals surface area contributed by atoms with Gasteiger partial charge in [-0.25, -0.2) is 0 Å². The molecular weight excluding hydrogens is 466 g/mol. The van der Waals surface area contributed by atoms with E-state index in [1.54, 1.807) is 23.9 Å². The zero-order valence-electron chi connectivity index (χ0n) is 19.4. The van der Waals surface area contributed by atoms with Crippen molar-refractivity contribution in [2.24, 2.45) is 0 Å². The van der Waals surface area contributed by atoms with E-state index < -0.39 is 30.5 Å². The molecule has 0 saturated heterocycles. The Labute approximate surface area is 208 Å². The molecule has 0 aliphatic rings. The third-order valence-corrected chi connectivity index (χ3v) is 6.08. The van der Waals surface area contributed by atoms with Crippen LogP contribution in [0, 0.1) is 0 Å². The van der Waals surface area contributed by atoms with Gasteiger partial charge < -0.3 is 26.2 Å². The summed E-state index contributed by atoms with van der Waals surface area (Å²) in [4.78, 5) is 38.1. The van der Waals surface area contributed by atoms with Crippen molar-refractivity contribution < 1.29 is 24.6 Å². The van der Waals surface area contributed by atoms with Gasteiger partial charge in [-0.3, -0.25) is 14.4 Å². The minimum absolute atomic E-state index is 0.0802. The molecule has 0 saturated carbocycles. The smallest absolute Gasteiger partial charge is 0.246 e. The highest BCUT2D eigenvalue weighted by Crippen LogP contribution is 2.19. The van der Waals surface area contributed by atoms with Gasteiger partial charge >= 0.3 is 0 Å². The summed E-state index contributed by atoms with van der Waals surface area (Å²) in [6, 6.07) is 17.8. The van der Waals surface area contributed by atoms with Gasteiger partial charge in [-0.2, -0.15) is 11.8 Å². The Morgan fingerprint density at radius 3 is 2.29 bits per heavy atom. The number of thioether (sulfide) groups is 1. The Hall–Kier alpha value is -3.56. The summed E-state index contributed by atoms with van der Waals surface area (Å²) in [5, 5.41) is 28.8. The van der Waals surface area contributed by atoms with Gasteiger partial charge in [-0.05, 0) is 59.0 Å². The number of hydrogen-bond acceptors (Lipinski definition) is 6. The van der Waals surface area contributed by atoms with Crippen molar-refractivity contribution in [1.29, 1.82) is 0 Å². The molecule has 35 heavy (non-hydrogen) atoms. The molecule has 9 heteroatoms. The molecule has 3 aromatic carbocycles. The number of anilines is 1. The number of aromatic hydroxyl groups is 1. The molecule has 0 spiro atoms. The number of aliphatic hydroxyl groups excluding tert-OH is 1. The third kappa shape index (κ3) is 7.73. The fourth-order valence-corrected chi connectivity index (χ4v) is 4.06. The molecule has 0 aliphatic heterocycles. The summed E-state index contributed by atoms with van der Waals surface area (Å²) in [6.45, 7) is -0.766. The minimum Gasteiger partial charge on any atom is -0.508 e. The third-order valence-electron chi connectivity index (χ3n) is 5.43. The monoisotopic (exact) mass is 495 g/mol. The lowest BCUT2D eigenvalue weighted by Gasteiger charge is -2.23. The van der Waals surface area contributed by atoms with Gasteiger partial charge in [-0.1, -0.05) is 42.5 Å². The molecular formula is C26H29N3O5S. The van der Waals surface area contributed by atoms with Crippen LogP contribution in [0.25, 0.3) is 10.8 Å². The van der Waals surface area contributed by atoms with E-state index >= 15 is 0 Å².